The summed E-state index contributed by atoms with van der Waals surface area (Å²) in [6, 6.07) is 16.8. The first-order valence-corrected chi connectivity index (χ1v) is 13.7. The van der Waals surface area contributed by atoms with Crippen molar-refractivity contribution in [2.75, 3.05) is 43.1 Å². The van der Waals surface area contributed by atoms with E-state index in [4.69, 9.17) is 9.47 Å². The fourth-order valence-electron chi connectivity index (χ4n) is 3.94. The molecule has 3 aromatic carbocycles. The van der Waals surface area contributed by atoms with Gasteiger partial charge in [0.05, 0.1) is 31.0 Å². The molecule has 0 aliphatic heterocycles. The molecule has 1 N–H and O–H groups in total. The highest BCUT2D eigenvalue weighted by molar-refractivity contribution is 7.93. The van der Waals surface area contributed by atoms with Crippen molar-refractivity contribution in [2.24, 2.45) is 5.10 Å². The van der Waals surface area contributed by atoms with E-state index in [2.05, 4.69) is 29.3 Å². The number of methoxy groups -OCH3 is 2. The Balaban J connectivity index is 1.92. The normalized spacial score (nSPS) is 11.2. The number of sulfonamides is 1. The number of nitrogens with zero attached hydrogens (tertiary/aromatic N) is 4. The minimum absolute atomic E-state index is 0.0208. The van der Waals surface area contributed by atoms with Crippen LogP contribution in [-0.4, -0.2) is 59.3 Å². The maximum absolute atomic E-state index is 13.8. The summed E-state index contributed by atoms with van der Waals surface area (Å²) >= 11 is 0. The zero-order chi connectivity index (χ0) is 29.3. The molecular formula is C27H31N5O7S. The zero-order valence-corrected chi connectivity index (χ0v) is 23.4. The zero-order valence-electron chi connectivity index (χ0n) is 22.6. The second kappa shape index (κ2) is 13.4. The predicted molar refractivity (Wildman–Crippen MR) is 153 cm³/mol. The Morgan fingerprint density at radius 1 is 1.02 bits per heavy atom. The van der Waals surface area contributed by atoms with Crippen LogP contribution < -0.4 is 24.1 Å². The number of benzene rings is 3. The van der Waals surface area contributed by atoms with Gasteiger partial charge in [-0.15, -0.1) is 0 Å². The molecule has 1 amide bonds. The maximum atomic E-state index is 13.8. The number of hydrogen-bond donors (Lipinski definition) is 1. The molecule has 0 spiro atoms. The smallest absolute Gasteiger partial charge is 0.289 e. The van der Waals surface area contributed by atoms with E-state index in [1.807, 2.05) is 24.3 Å². The molecule has 40 heavy (non-hydrogen) atoms. The van der Waals surface area contributed by atoms with Crippen molar-refractivity contribution >= 4 is 39.2 Å². The van der Waals surface area contributed by atoms with E-state index in [0.29, 0.717) is 5.75 Å². The second-order valence-corrected chi connectivity index (χ2v) is 10.2. The standard InChI is InChI=1S/C27H31N5O7S/c1-5-30(6-2)21-13-11-20(12-14-21)18-28-29-27(33)19-31(23-16-15-22(38-3)17-25(23)39-4)40(36,37)26-10-8-7-9-24(26)32(34)35/h7-18H,5-6,19H2,1-4H3,(H,29,33)/b28-18+. The number of hydrazone groups is 1. The molecule has 0 aromatic heterocycles. The van der Waals surface area contributed by atoms with Crippen LogP contribution in [0.1, 0.15) is 19.4 Å². The average Bonchev–Trinajstić information content (AvgIpc) is 2.97. The molecule has 0 bridgehead atoms. The first-order chi connectivity index (χ1) is 19.2. The summed E-state index contributed by atoms with van der Waals surface area (Å²) in [5.74, 6) is -0.327. The molecule has 3 rings (SSSR count). The van der Waals surface area contributed by atoms with Gasteiger partial charge < -0.3 is 14.4 Å². The van der Waals surface area contributed by atoms with E-state index in [1.54, 1.807) is 0 Å². The topological polar surface area (TPSA) is 144 Å². The summed E-state index contributed by atoms with van der Waals surface area (Å²) < 4.78 is 38.8. The van der Waals surface area contributed by atoms with Crippen LogP contribution in [0.2, 0.25) is 0 Å². The molecule has 12 nitrogen and oxygen atoms in total. The van der Waals surface area contributed by atoms with Gasteiger partial charge in [0, 0.05) is 30.9 Å². The molecule has 0 heterocycles. The van der Waals surface area contributed by atoms with Crippen LogP contribution in [0.3, 0.4) is 0 Å². The van der Waals surface area contributed by atoms with Crippen LogP contribution in [-0.2, 0) is 14.8 Å². The lowest BCUT2D eigenvalue weighted by Gasteiger charge is -2.25. The van der Waals surface area contributed by atoms with Crippen molar-refractivity contribution in [3.8, 4) is 11.5 Å². The van der Waals surface area contributed by atoms with Crippen molar-refractivity contribution in [3.05, 3.63) is 82.4 Å². The van der Waals surface area contributed by atoms with Gasteiger partial charge in [-0.3, -0.25) is 19.2 Å². The Morgan fingerprint density at radius 2 is 1.70 bits per heavy atom. The largest absolute Gasteiger partial charge is 0.497 e. The monoisotopic (exact) mass is 569 g/mol. The molecule has 0 saturated carbocycles. The van der Waals surface area contributed by atoms with Crippen LogP contribution in [0, 0.1) is 10.1 Å². The summed E-state index contributed by atoms with van der Waals surface area (Å²) in [5, 5.41) is 15.6. The van der Waals surface area contributed by atoms with Gasteiger partial charge in [0.2, 0.25) is 0 Å². The molecule has 3 aromatic rings. The van der Waals surface area contributed by atoms with Gasteiger partial charge in [-0.05, 0) is 49.7 Å². The number of carbonyl (C=O) groups excluding carboxylic acids is 1. The maximum Gasteiger partial charge on any atom is 0.289 e. The molecule has 0 unspecified atom stereocenters. The molecule has 0 aliphatic carbocycles. The van der Waals surface area contributed by atoms with E-state index in [0.717, 1.165) is 40.8 Å². The van der Waals surface area contributed by atoms with Crippen molar-refractivity contribution in [3.63, 3.8) is 0 Å². The van der Waals surface area contributed by atoms with E-state index in [1.165, 1.54) is 50.8 Å². The summed E-state index contributed by atoms with van der Waals surface area (Å²) in [4.78, 5) is 25.3. The van der Waals surface area contributed by atoms with Crippen LogP contribution in [0.25, 0.3) is 0 Å². The summed E-state index contributed by atoms with van der Waals surface area (Å²) in [7, 11) is -1.87. The van der Waals surface area contributed by atoms with Crippen molar-refractivity contribution < 1.29 is 27.6 Å². The highest BCUT2D eigenvalue weighted by atomic mass is 32.2. The van der Waals surface area contributed by atoms with E-state index in [9.17, 15) is 23.3 Å². The molecular weight excluding hydrogens is 538 g/mol. The molecule has 0 atom stereocenters. The van der Waals surface area contributed by atoms with E-state index < -0.39 is 38.0 Å². The number of nitro groups is 1. The Kier molecular flexibility index (Phi) is 10.0. The molecule has 0 radical (unpaired) electrons. The summed E-state index contributed by atoms with van der Waals surface area (Å²) in [6.07, 6.45) is 1.43. The molecule has 212 valence electrons. The summed E-state index contributed by atoms with van der Waals surface area (Å²) in [6.45, 7) is 5.12. The molecule has 0 aliphatic rings. The lowest BCUT2D eigenvalue weighted by Crippen LogP contribution is -2.40. The number of para-hydroxylation sites is 1. The number of anilines is 2. The average molecular weight is 570 g/mol. The first kappa shape index (κ1) is 29.9. The van der Waals surface area contributed by atoms with Gasteiger partial charge >= 0.3 is 0 Å². The van der Waals surface area contributed by atoms with Crippen LogP contribution in [0.15, 0.2) is 76.7 Å². The molecule has 13 heteroatoms. The SMILES string of the molecule is CCN(CC)c1ccc(/C=N/NC(=O)CN(c2ccc(OC)cc2OC)S(=O)(=O)c2ccccc2[N+](=O)[O-])cc1. The number of rotatable bonds is 13. The Labute approximate surface area is 233 Å². The highest BCUT2D eigenvalue weighted by Gasteiger charge is 2.34. The van der Waals surface area contributed by atoms with E-state index in [-0.39, 0.29) is 11.4 Å². The summed E-state index contributed by atoms with van der Waals surface area (Å²) in [5.41, 5.74) is 3.44. The number of ether oxygens (including phenoxy) is 2. The van der Waals surface area contributed by atoms with Crippen molar-refractivity contribution in [2.45, 2.75) is 18.7 Å². The number of hydrogen-bond acceptors (Lipinski definition) is 9. The second-order valence-electron chi connectivity index (χ2n) is 8.33. The Bertz CT molecular complexity index is 1470. The highest BCUT2D eigenvalue weighted by Crippen LogP contribution is 2.37. The van der Waals surface area contributed by atoms with Gasteiger partial charge in [-0.2, -0.15) is 5.10 Å². The minimum Gasteiger partial charge on any atom is -0.497 e. The third-order valence-corrected chi connectivity index (χ3v) is 7.80. The predicted octanol–water partition coefficient (Wildman–Crippen LogP) is 3.80. The third kappa shape index (κ3) is 6.86. The third-order valence-electron chi connectivity index (χ3n) is 6.00. The van der Waals surface area contributed by atoms with Gasteiger partial charge in [0.25, 0.3) is 21.6 Å². The van der Waals surface area contributed by atoms with Gasteiger partial charge in [0.1, 0.15) is 18.0 Å². The number of nitrogens with one attached hydrogen (secondary N) is 1. The molecule has 0 saturated heterocycles. The van der Waals surface area contributed by atoms with E-state index >= 15 is 0 Å². The minimum atomic E-state index is -4.62. The van der Waals surface area contributed by atoms with Gasteiger partial charge in [0.15, 0.2) is 4.90 Å². The fraction of sp³-hybridized carbons (Fsp3) is 0.259. The number of nitro benzene ring substituents is 1. The fourth-order valence-corrected chi connectivity index (χ4v) is 5.53. The van der Waals surface area contributed by atoms with Gasteiger partial charge in [-0.1, -0.05) is 24.3 Å². The van der Waals surface area contributed by atoms with Crippen molar-refractivity contribution in [1.29, 1.82) is 0 Å². The first-order valence-electron chi connectivity index (χ1n) is 12.3. The molecule has 0 fully saturated rings. The number of amides is 1. The van der Waals surface area contributed by atoms with Crippen LogP contribution in [0.4, 0.5) is 17.1 Å². The Morgan fingerprint density at radius 3 is 2.30 bits per heavy atom. The van der Waals surface area contributed by atoms with Crippen LogP contribution >= 0.6 is 0 Å². The van der Waals surface area contributed by atoms with Crippen LogP contribution in [0.5, 0.6) is 11.5 Å². The van der Waals surface area contributed by atoms with Gasteiger partial charge in [-0.25, -0.2) is 13.8 Å². The van der Waals surface area contributed by atoms with Crippen molar-refractivity contribution in [1.82, 2.24) is 5.43 Å². The quantitative estimate of drug-likeness (QED) is 0.186. The number of carbonyl (C=O) groups is 1. The lowest BCUT2D eigenvalue weighted by atomic mass is 10.2. The Hall–Kier alpha value is -4.65. The lowest BCUT2D eigenvalue weighted by molar-refractivity contribution is -0.387.